The summed E-state index contributed by atoms with van der Waals surface area (Å²) in [5.41, 5.74) is 0.908. The van der Waals surface area contributed by atoms with Gasteiger partial charge in [-0.1, -0.05) is 0 Å². The van der Waals surface area contributed by atoms with Crippen LogP contribution in [0.25, 0.3) is 0 Å². The number of H-pyrrole nitrogens is 1. The number of aromatic nitrogens is 2. The second-order valence-corrected chi connectivity index (χ2v) is 6.71. The van der Waals surface area contributed by atoms with Crippen LogP contribution in [-0.2, 0) is 12.7 Å². The van der Waals surface area contributed by atoms with Gasteiger partial charge in [-0.25, -0.2) is 4.98 Å². The summed E-state index contributed by atoms with van der Waals surface area (Å²) >= 11 is 0. The Morgan fingerprint density at radius 1 is 1.23 bits per heavy atom. The topological polar surface area (TPSA) is 47.2 Å². The van der Waals surface area contributed by atoms with Gasteiger partial charge in [-0.2, -0.15) is 13.2 Å². The first-order chi connectivity index (χ1) is 12.3. The minimum atomic E-state index is -4.35. The highest BCUT2D eigenvalue weighted by Crippen LogP contribution is 2.33. The van der Waals surface area contributed by atoms with E-state index in [0.29, 0.717) is 12.1 Å². The smallest absolute Gasteiger partial charge is 0.369 e. The molecule has 8 heteroatoms. The maximum atomic E-state index is 13.2. The molecule has 1 fully saturated rings. The van der Waals surface area contributed by atoms with Crippen molar-refractivity contribution in [3.8, 4) is 0 Å². The number of nitrogens with zero attached hydrogens (tertiary/aromatic N) is 3. The average Bonchev–Trinajstić information content (AvgIpc) is 3.14. The Labute approximate surface area is 151 Å². The Morgan fingerprint density at radius 2 is 1.96 bits per heavy atom. The van der Waals surface area contributed by atoms with E-state index in [2.05, 4.69) is 32.1 Å². The van der Waals surface area contributed by atoms with Crippen molar-refractivity contribution < 1.29 is 13.2 Å². The van der Waals surface area contributed by atoms with E-state index >= 15 is 0 Å². The first-order valence-corrected chi connectivity index (χ1v) is 8.71. The molecule has 1 saturated heterocycles. The second kappa shape index (κ2) is 7.67. The number of likely N-dealkylation sites (N-methyl/N-ethyl adjacent to an activating group) is 1. The zero-order valence-corrected chi connectivity index (χ0v) is 15.0. The van der Waals surface area contributed by atoms with Crippen LogP contribution in [-0.4, -0.2) is 48.1 Å². The number of benzene rings is 1. The number of hydrogen-bond donors (Lipinski definition) is 2. The lowest BCUT2D eigenvalue weighted by molar-refractivity contribution is -0.137. The molecule has 0 aliphatic carbocycles. The third kappa shape index (κ3) is 4.37. The van der Waals surface area contributed by atoms with Gasteiger partial charge in [-0.05, 0) is 37.7 Å². The molecule has 26 heavy (non-hydrogen) atoms. The standard InChI is InChI=1S/C18H24F3N5/c1-13(17-22-5-6-23-17)24-12-14-11-15(18(19,20)21)3-4-16(14)26-9-7-25(2)8-10-26/h3-6,11,13,24H,7-10,12H2,1-2H3,(H,22,23). The van der Waals surface area contributed by atoms with E-state index in [4.69, 9.17) is 0 Å². The van der Waals surface area contributed by atoms with Gasteiger partial charge < -0.3 is 20.1 Å². The maximum absolute atomic E-state index is 13.2. The maximum Gasteiger partial charge on any atom is 0.416 e. The van der Waals surface area contributed by atoms with E-state index in [1.54, 1.807) is 18.5 Å². The van der Waals surface area contributed by atoms with Crippen LogP contribution in [0, 0.1) is 0 Å². The highest BCUT2D eigenvalue weighted by molar-refractivity contribution is 5.56. The van der Waals surface area contributed by atoms with Gasteiger partial charge in [0.05, 0.1) is 11.6 Å². The van der Waals surface area contributed by atoms with Crippen LogP contribution < -0.4 is 10.2 Å². The van der Waals surface area contributed by atoms with Crippen molar-refractivity contribution in [2.24, 2.45) is 0 Å². The Hall–Kier alpha value is -2.06. The first kappa shape index (κ1) is 18.7. The van der Waals surface area contributed by atoms with Crippen molar-refractivity contribution in [3.05, 3.63) is 47.5 Å². The van der Waals surface area contributed by atoms with Crippen molar-refractivity contribution in [1.29, 1.82) is 0 Å². The normalized spacial score (nSPS) is 17.5. The van der Waals surface area contributed by atoms with E-state index in [1.165, 1.54) is 12.1 Å². The van der Waals surface area contributed by atoms with Gasteiger partial charge in [0.1, 0.15) is 5.82 Å². The summed E-state index contributed by atoms with van der Waals surface area (Å²) in [6.45, 7) is 5.69. The fourth-order valence-corrected chi connectivity index (χ4v) is 3.13. The summed E-state index contributed by atoms with van der Waals surface area (Å²) in [6, 6.07) is 3.95. The monoisotopic (exact) mass is 367 g/mol. The van der Waals surface area contributed by atoms with Gasteiger partial charge >= 0.3 is 6.18 Å². The number of rotatable bonds is 5. The molecule has 0 radical (unpaired) electrons. The third-order valence-electron chi connectivity index (χ3n) is 4.78. The fourth-order valence-electron chi connectivity index (χ4n) is 3.13. The van der Waals surface area contributed by atoms with Crippen LogP contribution in [0.5, 0.6) is 0 Å². The fraction of sp³-hybridized carbons (Fsp3) is 0.500. The molecule has 1 unspecified atom stereocenters. The molecule has 1 aromatic heterocycles. The molecular weight excluding hydrogens is 343 g/mol. The predicted octanol–water partition coefficient (Wildman–Crippen LogP) is 3.03. The van der Waals surface area contributed by atoms with Crippen molar-refractivity contribution in [2.75, 3.05) is 38.1 Å². The van der Waals surface area contributed by atoms with E-state index in [0.717, 1.165) is 37.7 Å². The molecule has 1 aliphatic rings. The van der Waals surface area contributed by atoms with Gasteiger partial charge in [0, 0.05) is 50.8 Å². The molecule has 3 rings (SSSR count). The van der Waals surface area contributed by atoms with Crippen molar-refractivity contribution in [2.45, 2.75) is 25.7 Å². The van der Waals surface area contributed by atoms with E-state index in [9.17, 15) is 13.2 Å². The number of halogens is 3. The van der Waals surface area contributed by atoms with Crippen LogP contribution >= 0.6 is 0 Å². The number of alkyl halides is 3. The molecule has 142 valence electrons. The average molecular weight is 367 g/mol. The molecule has 2 N–H and O–H groups in total. The summed E-state index contributed by atoms with van der Waals surface area (Å²) in [4.78, 5) is 11.6. The Balaban J connectivity index is 1.81. The van der Waals surface area contributed by atoms with Gasteiger partial charge in [0.2, 0.25) is 0 Å². The predicted molar refractivity (Wildman–Crippen MR) is 95.0 cm³/mol. The molecule has 1 atom stereocenters. The highest BCUT2D eigenvalue weighted by Gasteiger charge is 2.31. The molecular formula is C18H24F3N5. The lowest BCUT2D eigenvalue weighted by Crippen LogP contribution is -2.45. The zero-order chi connectivity index (χ0) is 18.7. The Morgan fingerprint density at radius 3 is 2.58 bits per heavy atom. The second-order valence-electron chi connectivity index (χ2n) is 6.71. The van der Waals surface area contributed by atoms with E-state index < -0.39 is 11.7 Å². The molecule has 5 nitrogen and oxygen atoms in total. The van der Waals surface area contributed by atoms with Gasteiger partial charge in [-0.3, -0.25) is 0 Å². The molecule has 1 aromatic carbocycles. The molecule has 0 bridgehead atoms. The summed E-state index contributed by atoms with van der Waals surface area (Å²) in [6.07, 6.45) is -0.955. The lowest BCUT2D eigenvalue weighted by atomic mass is 10.1. The summed E-state index contributed by atoms with van der Waals surface area (Å²) in [7, 11) is 2.05. The van der Waals surface area contributed by atoms with E-state index in [-0.39, 0.29) is 6.04 Å². The third-order valence-corrected chi connectivity index (χ3v) is 4.78. The molecule has 0 spiro atoms. The van der Waals surface area contributed by atoms with Crippen molar-refractivity contribution >= 4 is 5.69 Å². The molecule has 0 amide bonds. The van der Waals surface area contributed by atoms with Crippen LogP contribution in [0.15, 0.2) is 30.6 Å². The van der Waals surface area contributed by atoms with Crippen LogP contribution in [0.2, 0.25) is 0 Å². The number of aromatic amines is 1. The van der Waals surface area contributed by atoms with Gasteiger partial charge in [-0.15, -0.1) is 0 Å². The number of hydrogen-bond acceptors (Lipinski definition) is 4. The summed E-state index contributed by atoms with van der Waals surface area (Å²) < 4.78 is 39.5. The van der Waals surface area contributed by atoms with Gasteiger partial charge in [0.25, 0.3) is 0 Å². The quantitative estimate of drug-likeness (QED) is 0.853. The number of piperazine rings is 1. The first-order valence-electron chi connectivity index (χ1n) is 8.71. The van der Waals surface area contributed by atoms with Crippen LogP contribution in [0.3, 0.4) is 0 Å². The zero-order valence-electron chi connectivity index (χ0n) is 15.0. The largest absolute Gasteiger partial charge is 0.416 e. The van der Waals surface area contributed by atoms with Crippen LogP contribution in [0.4, 0.5) is 18.9 Å². The summed E-state index contributed by atoms with van der Waals surface area (Å²) in [5.74, 6) is 0.762. The number of imidazole rings is 1. The lowest BCUT2D eigenvalue weighted by Gasteiger charge is -2.35. The summed E-state index contributed by atoms with van der Waals surface area (Å²) in [5, 5.41) is 3.27. The van der Waals surface area contributed by atoms with E-state index in [1.807, 2.05) is 6.92 Å². The van der Waals surface area contributed by atoms with Crippen LogP contribution in [0.1, 0.15) is 29.9 Å². The molecule has 0 saturated carbocycles. The Bertz CT molecular complexity index is 706. The minimum Gasteiger partial charge on any atom is -0.369 e. The Kier molecular flexibility index (Phi) is 5.52. The number of nitrogens with one attached hydrogen (secondary N) is 2. The molecule has 1 aliphatic heterocycles. The SMILES string of the molecule is CC(NCc1cc(C(F)(F)F)ccc1N1CCN(C)CC1)c1ncc[nH]1. The number of anilines is 1. The van der Waals surface area contributed by atoms with Crippen molar-refractivity contribution in [3.63, 3.8) is 0 Å². The van der Waals surface area contributed by atoms with Gasteiger partial charge in [0.15, 0.2) is 0 Å². The molecule has 2 aromatic rings. The molecule has 2 heterocycles. The minimum absolute atomic E-state index is 0.0834. The van der Waals surface area contributed by atoms with Crippen molar-refractivity contribution in [1.82, 2.24) is 20.2 Å². The highest BCUT2D eigenvalue weighted by atomic mass is 19.4.